The fourth-order valence-corrected chi connectivity index (χ4v) is 4.06. The van der Waals surface area contributed by atoms with Crippen molar-refractivity contribution in [3.05, 3.63) is 71.3 Å². The Morgan fingerprint density at radius 1 is 1.12 bits per heavy atom. The number of hydrogen-bond donors (Lipinski definition) is 3. The monoisotopic (exact) mass is 549 g/mol. The lowest BCUT2D eigenvalue weighted by Gasteiger charge is -2.21. The lowest BCUT2D eigenvalue weighted by Crippen LogP contribution is -2.44. The molecule has 2 aromatic rings. The minimum absolute atomic E-state index is 0. The van der Waals surface area contributed by atoms with Gasteiger partial charge in [-0.1, -0.05) is 42.5 Å². The van der Waals surface area contributed by atoms with E-state index in [4.69, 9.17) is 4.99 Å². The minimum atomic E-state index is -0.0595. The second-order valence-corrected chi connectivity index (χ2v) is 8.13. The Balaban J connectivity index is 0.00000363. The van der Waals surface area contributed by atoms with Crippen LogP contribution in [0.25, 0.3) is 0 Å². The van der Waals surface area contributed by atoms with Crippen LogP contribution in [0.1, 0.15) is 41.8 Å². The molecule has 1 saturated heterocycles. The van der Waals surface area contributed by atoms with Crippen LogP contribution in [-0.4, -0.2) is 55.5 Å². The highest BCUT2D eigenvalue weighted by Gasteiger charge is 2.29. The summed E-state index contributed by atoms with van der Waals surface area (Å²) < 4.78 is 0. The molecule has 0 bridgehead atoms. The first-order valence-corrected chi connectivity index (χ1v) is 11.2. The van der Waals surface area contributed by atoms with E-state index in [1.165, 1.54) is 5.56 Å². The first-order chi connectivity index (χ1) is 15.1. The van der Waals surface area contributed by atoms with E-state index in [1.54, 1.807) is 7.05 Å². The Hall–Kier alpha value is -2.13. The number of carbonyl (C=O) groups excluding carboxylic acids is 1. The summed E-state index contributed by atoms with van der Waals surface area (Å²) in [6.07, 6.45) is 1.90. The third-order valence-electron chi connectivity index (χ3n) is 5.70. The highest BCUT2D eigenvalue weighted by Crippen LogP contribution is 2.20. The van der Waals surface area contributed by atoms with Crippen LogP contribution in [0.3, 0.4) is 0 Å². The van der Waals surface area contributed by atoms with Crippen LogP contribution < -0.4 is 16.0 Å². The number of rotatable bonds is 8. The molecule has 0 radical (unpaired) electrons. The van der Waals surface area contributed by atoms with Gasteiger partial charge in [0.15, 0.2) is 5.96 Å². The predicted octanol–water partition coefficient (Wildman–Crippen LogP) is 3.42. The molecule has 32 heavy (non-hydrogen) atoms. The van der Waals surface area contributed by atoms with Crippen molar-refractivity contribution in [1.82, 2.24) is 20.9 Å². The molecule has 2 aromatic carbocycles. The van der Waals surface area contributed by atoms with Gasteiger partial charge in [-0.15, -0.1) is 24.0 Å². The summed E-state index contributed by atoms with van der Waals surface area (Å²) >= 11 is 0. The molecule has 3 rings (SSSR count). The van der Waals surface area contributed by atoms with Crippen LogP contribution in [-0.2, 0) is 13.0 Å². The Labute approximate surface area is 209 Å². The first-order valence-electron chi connectivity index (χ1n) is 11.2. The van der Waals surface area contributed by atoms with E-state index in [0.717, 1.165) is 44.0 Å². The minimum Gasteiger partial charge on any atom is -0.357 e. The van der Waals surface area contributed by atoms with Crippen molar-refractivity contribution in [2.45, 2.75) is 45.3 Å². The normalized spacial score (nSPS) is 18.7. The van der Waals surface area contributed by atoms with Gasteiger partial charge in [0.25, 0.3) is 5.91 Å². The summed E-state index contributed by atoms with van der Waals surface area (Å²) in [6, 6.07) is 19.3. The number of likely N-dealkylation sites (tertiary alicyclic amines) is 1. The number of halogens is 1. The molecule has 1 fully saturated rings. The van der Waals surface area contributed by atoms with Crippen molar-refractivity contribution in [3.8, 4) is 0 Å². The number of benzene rings is 2. The quantitative estimate of drug-likeness (QED) is 0.268. The molecule has 6 nitrogen and oxygen atoms in total. The highest BCUT2D eigenvalue weighted by molar-refractivity contribution is 14.0. The van der Waals surface area contributed by atoms with E-state index in [1.807, 2.05) is 24.3 Å². The van der Waals surface area contributed by atoms with Crippen LogP contribution in [0.15, 0.2) is 59.6 Å². The number of nitrogens with one attached hydrogen (secondary N) is 3. The second kappa shape index (κ2) is 13.4. The summed E-state index contributed by atoms with van der Waals surface area (Å²) in [4.78, 5) is 19.1. The topological polar surface area (TPSA) is 68.8 Å². The summed E-state index contributed by atoms with van der Waals surface area (Å²) in [5.41, 5.74) is 3.16. The van der Waals surface area contributed by atoms with E-state index in [2.05, 4.69) is 65.0 Å². The van der Waals surface area contributed by atoms with Crippen molar-refractivity contribution >= 4 is 35.8 Å². The average molecular weight is 550 g/mol. The number of amides is 1. The molecule has 0 aromatic heterocycles. The fraction of sp³-hybridized carbons (Fsp3) is 0.440. The molecule has 1 aliphatic rings. The van der Waals surface area contributed by atoms with Crippen LogP contribution in [0.5, 0.6) is 0 Å². The van der Waals surface area contributed by atoms with Crippen molar-refractivity contribution in [1.29, 1.82) is 0 Å². The van der Waals surface area contributed by atoms with E-state index in [0.29, 0.717) is 24.2 Å². The molecule has 7 heteroatoms. The van der Waals surface area contributed by atoms with Crippen LogP contribution in [0.2, 0.25) is 0 Å². The summed E-state index contributed by atoms with van der Waals surface area (Å²) in [5, 5.41) is 9.66. The molecular weight excluding hydrogens is 513 g/mol. The van der Waals surface area contributed by atoms with Gasteiger partial charge in [-0.2, -0.15) is 0 Å². The predicted molar refractivity (Wildman–Crippen MR) is 143 cm³/mol. The van der Waals surface area contributed by atoms with E-state index < -0.39 is 0 Å². The Morgan fingerprint density at radius 3 is 2.59 bits per heavy atom. The average Bonchev–Trinajstić information content (AvgIpc) is 3.12. The number of aliphatic imine (C=N–C) groups is 1. The molecule has 1 aliphatic heterocycles. The highest BCUT2D eigenvalue weighted by atomic mass is 127. The van der Waals surface area contributed by atoms with Crippen LogP contribution in [0.4, 0.5) is 0 Å². The summed E-state index contributed by atoms with van der Waals surface area (Å²) in [5.74, 6) is 0.805. The molecule has 174 valence electrons. The SMILES string of the molecule is CCNC(=NCCc1cccc(C(=O)NC)c1)NC1CC(C)N(Cc2ccccc2)C1.I. The van der Waals surface area contributed by atoms with Gasteiger partial charge in [0, 0.05) is 50.9 Å². The molecule has 2 atom stereocenters. The van der Waals surface area contributed by atoms with Gasteiger partial charge >= 0.3 is 0 Å². The molecule has 0 spiro atoms. The molecule has 0 aliphatic carbocycles. The summed E-state index contributed by atoms with van der Waals surface area (Å²) in [7, 11) is 1.65. The van der Waals surface area contributed by atoms with E-state index >= 15 is 0 Å². The van der Waals surface area contributed by atoms with Crippen molar-refractivity contribution in [2.24, 2.45) is 4.99 Å². The molecular formula is C25H36IN5O. The lowest BCUT2D eigenvalue weighted by atomic mass is 10.1. The van der Waals surface area contributed by atoms with Crippen LogP contribution >= 0.6 is 24.0 Å². The van der Waals surface area contributed by atoms with Gasteiger partial charge in [0.2, 0.25) is 0 Å². The standard InChI is InChI=1S/C25H35N5O.HI/c1-4-27-25(28-14-13-20-11-8-12-22(16-20)24(31)26-3)29-23-15-19(2)30(18-23)17-21-9-6-5-7-10-21;/h5-12,16,19,23H,4,13-15,17-18H2,1-3H3,(H,26,31)(H2,27,28,29);1H. The molecule has 0 saturated carbocycles. The number of nitrogens with zero attached hydrogens (tertiary/aromatic N) is 2. The Bertz CT molecular complexity index is 874. The zero-order valence-electron chi connectivity index (χ0n) is 19.3. The smallest absolute Gasteiger partial charge is 0.251 e. The van der Waals surface area contributed by atoms with Gasteiger partial charge in [-0.05, 0) is 49.9 Å². The zero-order valence-corrected chi connectivity index (χ0v) is 21.6. The molecule has 1 heterocycles. The van der Waals surface area contributed by atoms with Gasteiger partial charge in [-0.3, -0.25) is 14.7 Å². The van der Waals surface area contributed by atoms with Gasteiger partial charge in [-0.25, -0.2) is 0 Å². The second-order valence-electron chi connectivity index (χ2n) is 8.13. The summed E-state index contributed by atoms with van der Waals surface area (Å²) in [6.45, 7) is 7.87. The largest absolute Gasteiger partial charge is 0.357 e. The van der Waals surface area contributed by atoms with E-state index in [-0.39, 0.29) is 29.9 Å². The third kappa shape index (κ3) is 7.78. The maximum Gasteiger partial charge on any atom is 0.251 e. The Kier molecular flexibility index (Phi) is 11.0. The maximum absolute atomic E-state index is 11.8. The number of guanidine groups is 1. The first kappa shape index (κ1) is 26.1. The molecule has 1 amide bonds. The van der Waals surface area contributed by atoms with Crippen LogP contribution in [0, 0.1) is 0 Å². The van der Waals surface area contributed by atoms with Gasteiger partial charge in [0.1, 0.15) is 0 Å². The number of carbonyl (C=O) groups is 1. The molecule has 3 N–H and O–H groups in total. The maximum atomic E-state index is 11.8. The zero-order chi connectivity index (χ0) is 22.1. The van der Waals surface area contributed by atoms with Crippen molar-refractivity contribution < 1.29 is 4.79 Å². The number of hydrogen-bond acceptors (Lipinski definition) is 3. The van der Waals surface area contributed by atoms with Gasteiger partial charge in [0.05, 0.1) is 0 Å². The van der Waals surface area contributed by atoms with Gasteiger partial charge < -0.3 is 16.0 Å². The fourth-order valence-electron chi connectivity index (χ4n) is 4.06. The van der Waals surface area contributed by atoms with Crippen molar-refractivity contribution in [3.63, 3.8) is 0 Å². The molecule has 2 unspecified atom stereocenters. The van der Waals surface area contributed by atoms with E-state index in [9.17, 15) is 4.79 Å². The lowest BCUT2D eigenvalue weighted by molar-refractivity contribution is 0.0963. The third-order valence-corrected chi connectivity index (χ3v) is 5.70. The Morgan fingerprint density at radius 2 is 1.88 bits per heavy atom. The van der Waals surface area contributed by atoms with Crippen molar-refractivity contribution in [2.75, 3.05) is 26.7 Å².